The van der Waals surface area contributed by atoms with Crippen molar-refractivity contribution < 1.29 is 4.92 Å². The first-order valence-electron chi connectivity index (χ1n) is 8.04. The smallest absolute Gasteiger partial charge is 0.272 e. The van der Waals surface area contributed by atoms with Crippen LogP contribution in [0.1, 0.15) is 69.5 Å². The highest BCUT2D eigenvalue weighted by Crippen LogP contribution is 2.23. The Morgan fingerprint density at radius 1 is 1.19 bits per heavy atom. The summed E-state index contributed by atoms with van der Waals surface area (Å²) in [7, 11) is 0. The molecule has 0 bridgehead atoms. The quantitative estimate of drug-likeness (QED) is 0.378. The van der Waals surface area contributed by atoms with Crippen LogP contribution in [-0.2, 0) is 0 Å². The predicted octanol–water partition coefficient (Wildman–Crippen LogP) is 4.91. The molecule has 0 aliphatic heterocycles. The Kier molecular flexibility index (Phi) is 7.98. The molecule has 0 aromatic heterocycles. The molecule has 1 aromatic carbocycles. The van der Waals surface area contributed by atoms with E-state index in [0.717, 1.165) is 12.1 Å². The highest BCUT2D eigenvalue weighted by Gasteiger charge is 2.13. The van der Waals surface area contributed by atoms with E-state index in [0.29, 0.717) is 5.56 Å². The third-order valence-electron chi connectivity index (χ3n) is 3.91. The third kappa shape index (κ3) is 6.25. The predicted molar refractivity (Wildman–Crippen MR) is 87.6 cm³/mol. The molecule has 4 nitrogen and oxygen atoms in total. The van der Waals surface area contributed by atoms with Crippen molar-refractivity contribution in [1.29, 1.82) is 0 Å². The van der Waals surface area contributed by atoms with Gasteiger partial charge in [0.25, 0.3) is 5.69 Å². The van der Waals surface area contributed by atoms with Gasteiger partial charge in [-0.2, -0.15) is 0 Å². The number of nitro benzene ring substituents is 1. The lowest BCUT2D eigenvalue weighted by molar-refractivity contribution is -0.385. The fraction of sp³-hybridized carbons (Fsp3) is 0.647. The SMILES string of the molecule is CCCCCCCCNC(C)c1ccc(C)c([N+](=O)[O-])c1. The van der Waals surface area contributed by atoms with Gasteiger partial charge in [0, 0.05) is 17.7 Å². The first-order valence-corrected chi connectivity index (χ1v) is 8.04. The van der Waals surface area contributed by atoms with Crippen LogP contribution in [-0.4, -0.2) is 11.5 Å². The maximum atomic E-state index is 11.0. The molecular formula is C17H28N2O2. The molecule has 0 radical (unpaired) electrons. The van der Waals surface area contributed by atoms with E-state index in [2.05, 4.69) is 19.2 Å². The van der Waals surface area contributed by atoms with Crippen molar-refractivity contribution in [1.82, 2.24) is 5.32 Å². The molecule has 1 unspecified atom stereocenters. The van der Waals surface area contributed by atoms with Gasteiger partial charge in [-0.3, -0.25) is 10.1 Å². The van der Waals surface area contributed by atoms with Crippen molar-refractivity contribution in [3.8, 4) is 0 Å². The number of nitro groups is 1. The highest BCUT2D eigenvalue weighted by molar-refractivity contribution is 5.43. The summed E-state index contributed by atoms with van der Waals surface area (Å²) in [6, 6.07) is 5.64. The van der Waals surface area contributed by atoms with Crippen LogP contribution in [0.15, 0.2) is 18.2 Å². The summed E-state index contributed by atoms with van der Waals surface area (Å²) in [6.07, 6.45) is 7.67. The fourth-order valence-electron chi connectivity index (χ4n) is 2.43. The van der Waals surface area contributed by atoms with Crippen LogP contribution < -0.4 is 5.32 Å². The molecule has 0 spiro atoms. The van der Waals surface area contributed by atoms with Crippen LogP contribution in [0.25, 0.3) is 0 Å². The van der Waals surface area contributed by atoms with Crippen LogP contribution in [0.2, 0.25) is 0 Å². The number of unbranched alkanes of at least 4 members (excludes halogenated alkanes) is 5. The lowest BCUT2D eigenvalue weighted by atomic mass is 10.0. The summed E-state index contributed by atoms with van der Waals surface area (Å²) in [5.74, 6) is 0. The molecule has 0 aliphatic rings. The molecule has 1 rings (SSSR count). The summed E-state index contributed by atoms with van der Waals surface area (Å²) >= 11 is 0. The van der Waals surface area contributed by atoms with Crippen molar-refractivity contribution >= 4 is 5.69 Å². The van der Waals surface area contributed by atoms with E-state index in [1.807, 2.05) is 12.1 Å². The number of hydrogen-bond acceptors (Lipinski definition) is 3. The Bertz CT molecular complexity index is 446. The van der Waals surface area contributed by atoms with Gasteiger partial charge in [-0.15, -0.1) is 0 Å². The molecule has 0 aliphatic carbocycles. The van der Waals surface area contributed by atoms with Gasteiger partial charge in [0.05, 0.1) is 4.92 Å². The van der Waals surface area contributed by atoms with E-state index < -0.39 is 0 Å². The maximum absolute atomic E-state index is 11.0. The van der Waals surface area contributed by atoms with E-state index in [-0.39, 0.29) is 16.7 Å². The average Bonchev–Trinajstić information content (AvgIpc) is 2.46. The molecule has 0 saturated heterocycles. The summed E-state index contributed by atoms with van der Waals surface area (Å²) in [4.78, 5) is 10.7. The molecule has 4 heteroatoms. The Labute approximate surface area is 128 Å². The topological polar surface area (TPSA) is 55.2 Å². The zero-order valence-electron chi connectivity index (χ0n) is 13.5. The van der Waals surface area contributed by atoms with Crippen LogP contribution in [0.5, 0.6) is 0 Å². The minimum Gasteiger partial charge on any atom is -0.310 e. The number of rotatable bonds is 10. The standard InChI is InChI=1S/C17H28N2O2/c1-4-5-6-7-8-9-12-18-15(3)16-11-10-14(2)17(13-16)19(20)21/h10-11,13,15,18H,4-9,12H2,1-3H3. The van der Waals surface area contributed by atoms with E-state index in [4.69, 9.17) is 0 Å². The van der Waals surface area contributed by atoms with E-state index in [1.165, 1.54) is 38.5 Å². The molecule has 0 saturated carbocycles. The normalized spacial score (nSPS) is 12.3. The van der Waals surface area contributed by atoms with Crippen LogP contribution in [0.4, 0.5) is 5.69 Å². The minimum absolute atomic E-state index is 0.153. The monoisotopic (exact) mass is 292 g/mol. The lowest BCUT2D eigenvalue weighted by Crippen LogP contribution is -2.20. The number of aryl methyl sites for hydroxylation is 1. The highest BCUT2D eigenvalue weighted by atomic mass is 16.6. The molecule has 21 heavy (non-hydrogen) atoms. The van der Waals surface area contributed by atoms with Gasteiger partial charge in [-0.05, 0) is 32.4 Å². The van der Waals surface area contributed by atoms with E-state index >= 15 is 0 Å². The second-order valence-electron chi connectivity index (χ2n) is 5.75. The first-order chi connectivity index (χ1) is 10.1. The van der Waals surface area contributed by atoms with Crippen molar-refractivity contribution in [3.63, 3.8) is 0 Å². The van der Waals surface area contributed by atoms with Gasteiger partial charge >= 0.3 is 0 Å². The zero-order chi connectivity index (χ0) is 15.7. The fourth-order valence-corrected chi connectivity index (χ4v) is 2.43. The van der Waals surface area contributed by atoms with Crippen LogP contribution in [0.3, 0.4) is 0 Å². The number of benzene rings is 1. The van der Waals surface area contributed by atoms with Crippen molar-refractivity contribution in [2.45, 2.75) is 65.3 Å². The molecule has 1 N–H and O–H groups in total. The Morgan fingerprint density at radius 3 is 2.52 bits per heavy atom. The van der Waals surface area contributed by atoms with Crippen LogP contribution in [0, 0.1) is 17.0 Å². The first kappa shape index (κ1) is 17.6. The van der Waals surface area contributed by atoms with Gasteiger partial charge < -0.3 is 5.32 Å². The van der Waals surface area contributed by atoms with Gasteiger partial charge in [0.15, 0.2) is 0 Å². The molecule has 118 valence electrons. The molecule has 0 heterocycles. The molecule has 1 aromatic rings. The number of nitrogens with zero attached hydrogens (tertiary/aromatic N) is 1. The second kappa shape index (κ2) is 9.50. The average molecular weight is 292 g/mol. The van der Waals surface area contributed by atoms with Gasteiger partial charge in [-0.1, -0.05) is 51.2 Å². The van der Waals surface area contributed by atoms with Gasteiger partial charge in [-0.25, -0.2) is 0 Å². The molecular weight excluding hydrogens is 264 g/mol. The lowest BCUT2D eigenvalue weighted by Gasteiger charge is -2.14. The van der Waals surface area contributed by atoms with Crippen molar-refractivity contribution in [2.24, 2.45) is 0 Å². The van der Waals surface area contributed by atoms with Gasteiger partial charge in [0.2, 0.25) is 0 Å². The minimum atomic E-state index is -0.306. The Balaban J connectivity index is 2.37. The van der Waals surface area contributed by atoms with Gasteiger partial charge in [0.1, 0.15) is 0 Å². The largest absolute Gasteiger partial charge is 0.310 e. The number of nitrogens with one attached hydrogen (secondary N) is 1. The second-order valence-corrected chi connectivity index (χ2v) is 5.75. The zero-order valence-corrected chi connectivity index (χ0v) is 13.5. The number of hydrogen-bond donors (Lipinski definition) is 1. The van der Waals surface area contributed by atoms with Crippen LogP contribution >= 0.6 is 0 Å². The Hall–Kier alpha value is -1.42. The third-order valence-corrected chi connectivity index (χ3v) is 3.91. The van der Waals surface area contributed by atoms with E-state index in [9.17, 15) is 10.1 Å². The summed E-state index contributed by atoms with van der Waals surface area (Å²) in [5, 5.41) is 14.4. The van der Waals surface area contributed by atoms with Crippen molar-refractivity contribution in [2.75, 3.05) is 6.54 Å². The maximum Gasteiger partial charge on any atom is 0.272 e. The summed E-state index contributed by atoms with van der Waals surface area (Å²) < 4.78 is 0. The summed E-state index contributed by atoms with van der Waals surface area (Å²) in [6.45, 7) is 7.03. The molecule has 0 amide bonds. The Morgan fingerprint density at radius 2 is 1.86 bits per heavy atom. The summed E-state index contributed by atoms with van der Waals surface area (Å²) in [5.41, 5.74) is 1.91. The van der Waals surface area contributed by atoms with E-state index in [1.54, 1.807) is 13.0 Å². The molecule has 0 fully saturated rings. The van der Waals surface area contributed by atoms with Crippen molar-refractivity contribution in [3.05, 3.63) is 39.4 Å². The molecule has 1 atom stereocenters.